The Morgan fingerprint density at radius 3 is 2.73 bits per heavy atom. The molecule has 4 rings (SSSR count). The number of hydrogen-bond donors (Lipinski definition) is 1. The number of ether oxygens (including phenoxy) is 1. The van der Waals surface area contributed by atoms with Crippen LogP contribution in [0.1, 0.15) is 28.3 Å². The second kappa shape index (κ2) is 8.39. The first-order valence-corrected chi connectivity index (χ1v) is 9.69. The third kappa shape index (κ3) is 4.43. The fourth-order valence-corrected chi connectivity index (χ4v) is 3.63. The minimum Gasteiger partial charge on any atom is -0.376 e. The average molecular weight is 415 g/mol. The molecule has 1 aliphatic heterocycles. The van der Waals surface area contributed by atoms with Gasteiger partial charge in [0.15, 0.2) is 5.69 Å². The van der Waals surface area contributed by atoms with Crippen LogP contribution < -0.4 is 5.32 Å². The quantitative estimate of drug-likeness (QED) is 0.691. The molecule has 1 N–H and O–H groups in total. The van der Waals surface area contributed by atoms with Crippen LogP contribution in [0, 0.1) is 0 Å². The van der Waals surface area contributed by atoms with E-state index in [2.05, 4.69) is 15.3 Å². The van der Waals surface area contributed by atoms with Crippen molar-refractivity contribution in [1.82, 2.24) is 15.3 Å². The van der Waals surface area contributed by atoms with Gasteiger partial charge in [0, 0.05) is 24.9 Å². The second-order valence-electron chi connectivity index (χ2n) is 7.13. The molecule has 2 aromatic carbocycles. The second-order valence-corrected chi connectivity index (χ2v) is 7.13. The summed E-state index contributed by atoms with van der Waals surface area (Å²) in [6.45, 7) is 0.366. The number of alkyl halides is 3. The van der Waals surface area contributed by atoms with E-state index in [4.69, 9.17) is 4.74 Å². The number of halogens is 3. The zero-order chi connectivity index (χ0) is 21.1. The van der Waals surface area contributed by atoms with Gasteiger partial charge in [0.1, 0.15) is 5.82 Å². The van der Waals surface area contributed by atoms with Crippen LogP contribution in [0.5, 0.6) is 0 Å². The number of amides is 1. The number of hydrogen-bond acceptors (Lipinski definition) is 4. The first kappa shape index (κ1) is 20.3. The maximum Gasteiger partial charge on any atom is 0.433 e. The molecule has 0 aliphatic carbocycles. The van der Waals surface area contributed by atoms with Gasteiger partial charge in [-0.05, 0) is 16.3 Å². The number of benzene rings is 2. The van der Waals surface area contributed by atoms with Crippen LogP contribution in [-0.2, 0) is 41.6 Å². The van der Waals surface area contributed by atoms with Crippen LogP contribution in [0.15, 0.2) is 42.5 Å². The third-order valence-electron chi connectivity index (χ3n) is 5.04. The zero-order valence-corrected chi connectivity index (χ0v) is 16.1. The summed E-state index contributed by atoms with van der Waals surface area (Å²) in [6, 6.07) is 13.6. The Balaban J connectivity index is 1.42. The predicted octanol–water partition coefficient (Wildman–Crippen LogP) is 3.62. The lowest BCUT2D eigenvalue weighted by atomic mass is 10.0. The molecule has 0 saturated heterocycles. The summed E-state index contributed by atoms with van der Waals surface area (Å²) in [5, 5.41) is 4.81. The molecule has 0 spiro atoms. The average Bonchev–Trinajstić information content (AvgIpc) is 2.73. The van der Waals surface area contributed by atoms with Gasteiger partial charge in [-0.25, -0.2) is 9.97 Å². The molecule has 1 aliphatic rings. The van der Waals surface area contributed by atoms with Gasteiger partial charge >= 0.3 is 6.18 Å². The largest absolute Gasteiger partial charge is 0.433 e. The lowest BCUT2D eigenvalue weighted by molar-refractivity contribution is -0.143. The van der Waals surface area contributed by atoms with Crippen molar-refractivity contribution in [1.29, 1.82) is 0 Å². The predicted molar refractivity (Wildman–Crippen MR) is 105 cm³/mol. The Kier molecular flexibility index (Phi) is 5.67. The molecule has 8 heteroatoms. The molecule has 1 aromatic heterocycles. The lowest BCUT2D eigenvalue weighted by Gasteiger charge is -2.20. The van der Waals surface area contributed by atoms with E-state index in [0.717, 1.165) is 16.3 Å². The van der Waals surface area contributed by atoms with Crippen LogP contribution in [0.4, 0.5) is 13.2 Å². The van der Waals surface area contributed by atoms with Crippen LogP contribution in [-0.4, -0.2) is 29.0 Å². The minimum atomic E-state index is -4.57. The maximum absolute atomic E-state index is 13.4. The highest BCUT2D eigenvalue weighted by atomic mass is 19.4. The third-order valence-corrected chi connectivity index (χ3v) is 5.04. The van der Waals surface area contributed by atoms with Crippen molar-refractivity contribution in [2.75, 3.05) is 13.2 Å². The van der Waals surface area contributed by atoms with Gasteiger partial charge in [-0.2, -0.15) is 13.2 Å². The van der Waals surface area contributed by atoms with Gasteiger partial charge in [-0.1, -0.05) is 42.5 Å². The van der Waals surface area contributed by atoms with Crippen molar-refractivity contribution in [3.8, 4) is 0 Å². The number of aromatic nitrogens is 2. The van der Waals surface area contributed by atoms with E-state index < -0.39 is 11.9 Å². The summed E-state index contributed by atoms with van der Waals surface area (Å²) in [5.41, 5.74) is 0.345. The van der Waals surface area contributed by atoms with Crippen LogP contribution in [0.25, 0.3) is 10.8 Å². The van der Waals surface area contributed by atoms with Gasteiger partial charge in [0.2, 0.25) is 5.91 Å². The van der Waals surface area contributed by atoms with E-state index in [-0.39, 0.29) is 43.3 Å². The summed E-state index contributed by atoms with van der Waals surface area (Å²) in [4.78, 5) is 20.3. The number of nitrogens with one attached hydrogen (secondary N) is 1. The van der Waals surface area contributed by atoms with Gasteiger partial charge in [0.05, 0.1) is 25.3 Å². The number of carbonyl (C=O) groups is 1. The molecule has 2 heterocycles. The van der Waals surface area contributed by atoms with E-state index in [1.807, 2.05) is 42.5 Å². The summed E-state index contributed by atoms with van der Waals surface area (Å²) in [7, 11) is 0. The van der Waals surface area contributed by atoms with Crippen molar-refractivity contribution in [3.63, 3.8) is 0 Å². The molecule has 1 amide bonds. The van der Waals surface area contributed by atoms with E-state index in [9.17, 15) is 18.0 Å². The number of rotatable bonds is 5. The Morgan fingerprint density at radius 2 is 1.90 bits per heavy atom. The van der Waals surface area contributed by atoms with Gasteiger partial charge in [0.25, 0.3) is 0 Å². The van der Waals surface area contributed by atoms with Crippen LogP contribution in [0.3, 0.4) is 0 Å². The van der Waals surface area contributed by atoms with Crippen molar-refractivity contribution in [2.24, 2.45) is 0 Å². The van der Waals surface area contributed by atoms with Gasteiger partial charge < -0.3 is 10.1 Å². The molecule has 0 fully saturated rings. The molecule has 156 valence electrons. The maximum atomic E-state index is 13.4. The topological polar surface area (TPSA) is 64.1 Å². The van der Waals surface area contributed by atoms with Gasteiger partial charge in [-0.3, -0.25) is 4.79 Å². The van der Waals surface area contributed by atoms with Crippen LogP contribution in [0.2, 0.25) is 0 Å². The molecule has 0 atom stereocenters. The standard InChI is InChI=1S/C22H20F3N3O2/c23-22(24,25)21-17-13-30-11-9-18(17)27-19(28-21)8-10-26-20(29)12-15-6-3-5-14-4-1-2-7-16(14)15/h1-7H,8-13H2,(H,26,29). The number of carbonyl (C=O) groups excluding carboxylic acids is 1. The first-order valence-electron chi connectivity index (χ1n) is 9.69. The molecule has 30 heavy (non-hydrogen) atoms. The number of nitrogens with zero attached hydrogens (tertiary/aromatic N) is 2. The first-order chi connectivity index (χ1) is 14.4. The summed E-state index contributed by atoms with van der Waals surface area (Å²) < 4.78 is 45.2. The number of fused-ring (bicyclic) bond motifs is 2. The highest BCUT2D eigenvalue weighted by Crippen LogP contribution is 2.33. The summed E-state index contributed by atoms with van der Waals surface area (Å²) >= 11 is 0. The highest BCUT2D eigenvalue weighted by molar-refractivity contribution is 5.90. The van der Waals surface area contributed by atoms with E-state index in [1.54, 1.807) is 0 Å². The highest BCUT2D eigenvalue weighted by Gasteiger charge is 2.38. The molecular weight excluding hydrogens is 395 g/mol. The molecular formula is C22H20F3N3O2. The van der Waals surface area contributed by atoms with Crippen LogP contribution >= 0.6 is 0 Å². The summed E-state index contributed by atoms with van der Waals surface area (Å²) in [6.07, 6.45) is -3.93. The Labute approximate surface area is 171 Å². The Bertz CT molecular complexity index is 1080. The van der Waals surface area contributed by atoms with Crippen molar-refractivity contribution in [2.45, 2.75) is 32.0 Å². The molecule has 0 bridgehead atoms. The summed E-state index contributed by atoms with van der Waals surface area (Å²) in [5.74, 6) is -0.123. The smallest absolute Gasteiger partial charge is 0.376 e. The fourth-order valence-electron chi connectivity index (χ4n) is 3.63. The Hall–Kier alpha value is -3.00. The van der Waals surface area contributed by atoms with Crippen molar-refractivity contribution >= 4 is 16.7 Å². The normalized spacial score (nSPS) is 13.8. The zero-order valence-electron chi connectivity index (χ0n) is 16.1. The SMILES string of the molecule is O=C(Cc1cccc2ccccc12)NCCc1nc2c(c(C(F)(F)F)n1)COCC2. The van der Waals surface area contributed by atoms with E-state index in [1.165, 1.54) is 0 Å². The molecule has 0 unspecified atom stereocenters. The van der Waals surface area contributed by atoms with Gasteiger partial charge in [-0.15, -0.1) is 0 Å². The molecule has 0 saturated carbocycles. The molecule has 3 aromatic rings. The monoisotopic (exact) mass is 415 g/mol. The van der Waals surface area contributed by atoms with Crippen molar-refractivity contribution in [3.05, 3.63) is 70.8 Å². The molecule has 5 nitrogen and oxygen atoms in total. The molecule has 0 radical (unpaired) electrons. The minimum absolute atomic E-state index is 0.0116. The fraction of sp³-hybridized carbons (Fsp3) is 0.318. The van der Waals surface area contributed by atoms with E-state index >= 15 is 0 Å². The van der Waals surface area contributed by atoms with Crippen molar-refractivity contribution < 1.29 is 22.7 Å². The van der Waals surface area contributed by atoms with E-state index in [0.29, 0.717) is 18.7 Å². The lowest BCUT2D eigenvalue weighted by Crippen LogP contribution is -2.29. The Morgan fingerprint density at radius 1 is 1.10 bits per heavy atom.